The van der Waals surface area contributed by atoms with E-state index in [9.17, 15) is 8.42 Å². The number of rotatable bonds is 22. The Bertz CT molecular complexity index is 365. The molecule has 27 heavy (non-hydrogen) atoms. The van der Waals surface area contributed by atoms with E-state index in [1.807, 2.05) is 13.8 Å². The minimum Gasteiger partial charge on any atom is -0.382 e. The van der Waals surface area contributed by atoms with E-state index in [-0.39, 0.29) is 13.2 Å². The molecule has 0 heterocycles. The maximum atomic E-state index is 11.6. The van der Waals surface area contributed by atoms with Crippen molar-refractivity contribution in [2.45, 2.75) is 52.4 Å². The fraction of sp³-hybridized carbons (Fsp3) is 1.00. The van der Waals surface area contributed by atoms with Gasteiger partial charge in [0.2, 0.25) is 0 Å². The van der Waals surface area contributed by atoms with E-state index in [0.29, 0.717) is 12.8 Å². The molecule has 0 unspecified atom stereocenters. The predicted molar refractivity (Wildman–Crippen MR) is 107 cm³/mol. The summed E-state index contributed by atoms with van der Waals surface area (Å²) in [6.07, 6.45) is 5.03. The van der Waals surface area contributed by atoms with Crippen LogP contribution in [0.1, 0.15) is 52.4 Å². The summed E-state index contributed by atoms with van der Waals surface area (Å²) in [6.45, 7) is 10.8. The zero-order valence-electron chi connectivity index (χ0n) is 17.2. The smallest absolute Gasteiger partial charge is 0.382 e. The summed E-state index contributed by atoms with van der Waals surface area (Å²) >= 11 is 0. The van der Waals surface area contributed by atoms with Gasteiger partial charge in [-0.2, -0.15) is 8.42 Å². The first-order valence-electron chi connectivity index (χ1n) is 10.2. The quantitative estimate of drug-likeness (QED) is 0.260. The zero-order chi connectivity index (χ0) is 20.1. The summed E-state index contributed by atoms with van der Waals surface area (Å²) in [7, 11) is -3.87. The van der Waals surface area contributed by atoms with Crippen LogP contribution in [0, 0.1) is 0 Å². The molecule has 0 saturated carbocycles. The van der Waals surface area contributed by atoms with Crippen molar-refractivity contribution in [2.75, 3.05) is 65.8 Å². The molecule has 0 aromatic heterocycles. The molecule has 0 spiro atoms. The summed E-state index contributed by atoms with van der Waals surface area (Å²) in [5, 5.41) is 6.57. The molecule has 8 nitrogen and oxygen atoms in total. The van der Waals surface area contributed by atoms with Gasteiger partial charge in [0.05, 0.1) is 13.2 Å². The van der Waals surface area contributed by atoms with Crippen molar-refractivity contribution in [3.8, 4) is 0 Å². The second-order valence-corrected chi connectivity index (χ2v) is 7.36. The summed E-state index contributed by atoms with van der Waals surface area (Å²) in [5.41, 5.74) is 0. The summed E-state index contributed by atoms with van der Waals surface area (Å²) < 4.78 is 43.4. The van der Waals surface area contributed by atoms with Crippen molar-refractivity contribution in [1.29, 1.82) is 0 Å². The average molecular weight is 413 g/mol. The Morgan fingerprint density at radius 2 is 1.00 bits per heavy atom. The maximum absolute atomic E-state index is 11.6. The van der Waals surface area contributed by atoms with Crippen LogP contribution in [0.3, 0.4) is 0 Å². The third kappa shape index (κ3) is 21.9. The maximum Gasteiger partial charge on any atom is 0.399 e. The highest BCUT2D eigenvalue weighted by Crippen LogP contribution is 2.01. The first-order valence-corrected chi connectivity index (χ1v) is 11.6. The first kappa shape index (κ1) is 26.7. The molecule has 164 valence electrons. The van der Waals surface area contributed by atoms with Crippen molar-refractivity contribution < 1.29 is 26.3 Å². The molecular weight excluding hydrogens is 372 g/mol. The molecule has 0 fully saturated rings. The van der Waals surface area contributed by atoms with Crippen LogP contribution in [0.15, 0.2) is 0 Å². The Labute approximate surface area is 166 Å². The molecule has 2 N–H and O–H groups in total. The monoisotopic (exact) mass is 412 g/mol. The van der Waals surface area contributed by atoms with Crippen LogP contribution in [0.25, 0.3) is 0 Å². The minimum absolute atomic E-state index is 0.157. The van der Waals surface area contributed by atoms with Crippen LogP contribution in [0.5, 0.6) is 0 Å². The second kappa shape index (κ2) is 20.4. The Morgan fingerprint density at radius 1 is 0.593 bits per heavy atom. The highest BCUT2D eigenvalue weighted by atomic mass is 32.3. The SMILES string of the molecule is CCOCCCNCCCCOS(=O)(=O)OCCCCNCCCOCC. The van der Waals surface area contributed by atoms with E-state index in [0.717, 1.165) is 78.3 Å². The Morgan fingerprint density at radius 3 is 1.41 bits per heavy atom. The van der Waals surface area contributed by atoms with E-state index in [2.05, 4.69) is 10.6 Å². The standard InChI is InChI=1S/C18H40N2O6S/c1-3-23-15-9-13-19-11-5-7-17-25-27(21,22)26-18-8-6-12-20-14-10-16-24-4-2/h19-20H,3-18H2,1-2H3. The summed E-state index contributed by atoms with van der Waals surface area (Å²) in [4.78, 5) is 0. The Hall–Kier alpha value is -0.290. The molecular formula is C18H40N2O6S. The lowest BCUT2D eigenvalue weighted by Crippen LogP contribution is -2.19. The van der Waals surface area contributed by atoms with Crippen molar-refractivity contribution in [3.05, 3.63) is 0 Å². The molecule has 0 aromatic carbocycles. The van der Waals surface area contributed by atoms with Crippen LogP contribution < -0.4 is 10.6 Å². The van der Waals surface area contributed by atoms with Crippen LogP contribution >= 0.6 is 0 Å². The summed E-state index contributed by atoms with van der Waals surface area (Å²) in [5.74, 6) is 0. The van der Waals surface area contributed by atoms with Gasteiger partial charge < -0.3 is 20.1 Å². The fourth-order valence-electron chi connectivity index (χ4n) is 2.20. The van der Waals surface area contributed by atoms with Crippen molar-refractivity contribution in [1.82, 2.24) is 10.6 Å². The van der Waals surface area contributed by atoms with Gasteiger partial charge in [-0.3, -0.25) is 0 Å². The minimum atomic E-state index is -3.87. The highest BCUT2D eigenvalue weighted by Gasteiger charge is 2.10. The van der Waals surface area contributed by atoms with Crippen molar-refractivity contribution in [3.63, 3.8) is 0 Å². The van der Waals surface area contributed by atoms with Crippen LogP contribution in [0.4, 0.5) is 0 Å². The molecule has 0 atom stereocenters. The predicted octanol–water partition coefficient (Wildman–Crippen LogP) is 1.86. The number of unbranched alkanes of at least 4 members (excludes halogenated alkanes) is 2. The zero-order valence-corrected chi connectivity index (χ0v) is 18.0. The summed E-state index contributed by atoms with van der Waals surface area (Å²) in [6, 6.07) is 0. The van der Waals surface area contributed by atoms with E-state index in [1.165, 1.54) is 0 Å². The van der Waals surface area contributed by atoms with Gasteiger partial charge in [-0.25, -0.2) is 8.37 Å². The Kier molecular flexibility index (Phi) is 20.2. The van der Waals surface area contributed by atoms with E-state index in [1.54, 1.807) is 0 Å². The Balaban J connectivity index is 3.34. The van der Waals surface area contributed by atoms with Gasteiger partial charge in [0.15, 0.2) is 0 Å². The molecule has 0 saturated heterocycles. The second-order valence-electron chi connectivity index (χ2n) is 6.07. The van der Waals surface area contributed by atoms with E-state index < -0.39 is 10.4 Å². The molecule has 0 aromatic rings. The number of hydrogen-bond donors (Lipinski definition) is 2. The largest absolute Gasteiger partial charge is 0.399 e. The van der Waals surface area contributed by atoms with Gasteiger partial charge in [-0.1, -0.05) is 0 Å². The van der Waals surface area contributed by atoms with Crippen LogP contribution in [-0.2, 0) is 28.2 Å². The van der Waals surface area contributed by atoms with Crippen LogP contribution in [0.2, 0.25) is 0 Å². The van der Waals surface area contributed by atoms with Gasteiger partial charge in [0.25, 0.3) is 0 Å². The van der Waals surface area contributed by atoms with Gasteiger partial charge in [0, 0.05) is 26.4 Å². The number of nitrogens with one attached hydrogen (secondary N) is 2. The molecule has 0 radical (unpaired) electrons. The van der Waals surface area contributed by atoms with Crippen molar-refractivity contribution >= 4 is 10.4 Å². The van der Waals surface area contributed by atoms with Gasteiger partial charge >= 0.3 is 10.4 Å². The third-order valence-corrected chi connectivity index (χ3v) is 4.55. The molecule has 0 aliphatic carbocycles. The van der Waals surface area contributed by atoms with Crippen molar-refractivity contribution in [2.24, 2.45) is 0 Å². The van der Waals surface area contributed by atoms with Crippen LogP contribution in [-0.4, -0.2) is 74.2 Å². The van der Waals surface area contributed by atoms with E-state index >= 15 is 0 Å². The third-order valence-electron chi connectivity index (χ3n) is 3.64. The molecule has 0 rings (SSSR count). The van der Waals surface area contributed by atoms with Gasteiger partial charge in [-0.05, 0) is 78.6 Å². The highest BCUT2D eigenvalue weighted by molar-refractivity contribution is 7.81. The molecule has 0 bridgehead atoms. The molecule has 0 aliphatic heterocycles. The fourth-order valence-corrected chi connectivity index (χ4v) is 2.91. The lowest BCUT2D eigenvalue weighted by atomic mass is 10.3. The first-order chi connectivity index (χ1) is 13.1. The lowest BCUT2D eigenvalue weighted by Gasteiger charge is -2.07. The molecule has 0 aliphatic rings. The van der Waals surface area contributed by atoms with Gasteiger partial charge in [0.1, 0.15) is 0 Å². The number of ether oxygens (including phenoxy) is 2. The van der Waals surface area contributed by atoms with Gasteiger partial charge in [-0.15, -0.1) is 0 Å². The average Bonchev–Trinajstić information content (AvgIpc) is 2.64. The lowest BCUT2D eigenvalue weighted by molar-refractivity contribution is 0.144. The topological polar surface area (TPSA) is 95.1 Å². The van der Waals surface area contributed by atoms with E-state index in [4.69, 9.17) is 17.8 Å². The number of hydrogen-bond acceptors (Lipinski definition) is 8. The molecule has 9 heteroatoms. The molecule has 0 amide bonds. The normalized spacial score (nSPS) is 11.9.